The van der Waals surface area contributed by atoms with Gasteiger partial charge in [0, 0.05) is 0 Å². The van der Waals surface area contributed by atoms with Crippen LogP contribution in [0, 0.1) is 6.42 Å². The molecule has 0 atom stereocenters. The molecule has 0 N–H and O–H groups in total. The molecular weight excluding hydrogens is 156 g/mol. The molecule has 0 heteroatoms. The van der Waals surface area contributed by atoms with Gasteiger partial charge in [-0.2, -0.15) is 0 Å². The third-order valence-electron chi connectivity index (χ3n) is 2.15. The monoisotopic (exact) mass is 175 g/mol. The molecule has 0 spiro atoms. The van der Waals surface area contributed by atoms with Gasteiger partial charge in [0.15, 0.2) is 0 Å². The Kier molecular flexibility index (Phi) is 6.22. The number of hydrogen-bond donors (Lipinski definition) is 0. The van der Waals surface area contributed by atoms with Gasteiger partial charge in [0.05, 0.1) is 0 Å². The molecule has 0 heterocycles. The first-order valence-corrected chi connectivity index (χ1v) is 5.28. The fourth-order valence-corrected chi connectivity index (χ4v) is 1.36. The van der Waals surface area contributed by atoms with Crippen LogP contribution in [0.3, 0.4) is 0 Å². The highest BCUT2D eigenvalue weighted by Crippen LogP contribution is 2.04. The highest BCUT2D eigenvalue weighted by Gasteiger charge is 1.85. The third kappa shape index (κ3) is 6.39. The molecule has 0 aromatic carbocycles. The molecule has 1 aliphatic carbocycles. The molecule has 13 heavy (non-hydrogen) atoms. The average Bonchev–Trinajstić information content (AvgIpc) is 2.18. The molecule has 0 fully saturated rings. The zero-order valence-corrected chi connectivity index (χ0v) is 8.28. The van der Waals surface area contributed by atoms with Crippen molar-refractivity contribution in [1.29, 1.82) is 0 Å². The summed E-state index contributed by atoms with van der Waals surface area (Å²) in [6.45, 7) is 0. The van der Waals surface area contributed by atoms with Crippen LogP contribution in [0.25, 0.3) is 0 Å². The zero-order valence-electron chi connectivity index (χ0n) is 8.28. The molecule has 0 aromatic heterocycles. The molecule has 0 aromatic rings. The topological polar surface area (TPSA) is 0 Å². The predicted octanol–water partition coefficient (Wildman–Crippen LogP) is 4.21. The molecule has 0 saturated carbocycles. The van der Waals surface area contributed by atoms with Gasteiger partial charge in [-0.3, -0.25) is 0 Å². The van der Waals surface area contributed by atoms with Gasteiger partial charge < -0.3 is 0 Å². The fraction of sp³-hybridized carbons (Fsp3) is 0.462. The Labute approximate surface area is 82.0 Å². The van der Waals surface area contributed by atoms with Gasteiger partial charge in [-0.05, 0) is 44.9 Å². The van der Waals surface area contributed by atoms with Crippen LogP contribution in [0.2, 0.25) is 0 Å². The summed E-state index contributed by atoms with van der Waals surface area (Å²) in [5.41, 5.74) is 0. The second-order valence-electron chi connectivity index (χ2n) is 3.37. The predicted molar refractivity (Wildman–Crippen MR) is 59.4 cm³/mol. The molecule has 0 bridgehead atoms. The summed E-state index contributed by atoms with van der Waals surface area (Å²) in [4.78, 5) is 0. The fourth-order valence-electron chi connectivity index (χ4n) is 1.36. The van der Waals surface area contributed by atoms with Crippen molar-refractivity contribution in [3.8, 4) is 0 Å². The maximum atomic E-state index is 2.31. The van der Waals surface area contributed by atoms with E-state index in [1.807, 2.05) is 0 Å². The highest BCUT2D eigenvalue weighted by molar-refractivity contribution is 5.04. The minimum Gasteiger partial charge on any atom is -0.0885 e. The largest absolute Gasteiger partial charge is 0.0885 e. The second-order valence-corrected chi connectivity index (χ2v) is 3.37. The standard InChI is InChI=1S/C13H19/c1-2-4-6-8-10-12-13-11-9-7-5-3-1/h1-4,7,11,13H,5-6,8-10,12H2/b3-1-,4-2+,13-11+. The lowest BCUT2D eigenvalue weighted by molar-refractivity contribution is 0.761. The van der Waals surface area contributed by atoms with E-state index in [0.29, 0.717) is 0 Å². The maximum Gasteiger partial charge on any atom is -0.0311 e. The molecule has 0 nitrogen and oxygen atoms in total. The highest BCUT2D eigenvalue weighted by atomic mass is 13.9. The van der Waals surface area contributed by atoms with Crippen molar-refractivity contribution < 1.29 is 0 Å². The molecule has 1 aliphatic rings. The Hall–Kier alpha value is -0.780. The van der Waals surface area contributed by atoms with E-state index in [1.54, 1.807) is 0 Å². The lowest BCUT2D eigenvalue weighted by Gasteiger charge is -1.92. The Morgan fingerprint density at radius 2 is 1.31 bits per heavy atom. The Bertz CT molecular complexity index is 184. The summed E-state index contributed by atoms with van der Waals surface area (Å²) in [5, 5.41) is 0. The lowest BCUT2D eigenvalue weighted by Crippen LogP contribution is -1.72. The number of hydrogen-bond acceptors (Lipinski definition) is 0. The normalized spacial score (nSPS) is 27.7. The van der Waals surface area contributed by atoms with E-state index >= 15 is 0 Å². The van der Waals surface area contributed by atoms with E-state index in [0.717, 1.165) is 12.8 Å². The molecule has 71 valence electrons. The van der Waals surface area contributed by atoms with Gasteiger partial charge in [-0.25, -0.2) is 0 Å². The van der Waals surface area contributed by atoms with Crippen molar-refractivity contribution in [3.05, 3.63) is 42.9 Å². The third-order valence-corrected chi connectivity index (χ3v) is 2.15. The van der Waals surface area contributed by atoms with Crippen LogP contribution in [-0.4, -0.2) is 0 Å². The minimum absolute atomic E-state index is 1.09. The molecule has 1 radical (unpaired) electrons. The molecular formula is C13H19. The maximum absolute atomic E-state index is 2.31. The van der Waals surface area contributed by atoms with Gasteiger partial charge in [0.1, 0.15) is 0 Å². The number of rotatable bonds is 0. The second kappa shape index (κ2) is 7.85. The van der Waals surface area contributed by atoms with E-state index < -0.39 is 0 Å². The first kappa shape index (κ1) is 10.3. The first-order chi connectivity index (χ1) is 6.50. The lowest BCUT2D eigenvalue weighted by atomic mass is 10.1. The van der Waals surface area contributed by atoms with Crippen LogP contribution in [0.4, 0.5) is 0 Å². The molecule has 0 unspecified atom stereocenters. The van der Waals surface area contributed by atoms with Crippen LogP contribution in [-0.2, 0) is 0 Å². The first-order valence-electron chi connectivity index (χ1n) is 5.28. The van der Waals surface area contributed by atoms with E-state index in [-0.39, 0.29) is 0 Å². The van der Waals surface area contributed by atoms with E-state index in [1.165, 1.54) is 25.7 Å². The van der Waals surface area contributed by atoms with Crippen molar-refractivity contribution in [2.45, 2.75) is 38.5 Å². The Morgan fingerprint density at radius 3 is 2.23 bits per heavy atom. The summed E-state index contributed by atoms with van der Waals surface area (Å²) in [6, 6.07) is 0. The Morgan fingerprint density at radius 1 is 0.615 bits per heavy atom. The van der Waals surface area contributed by atoms with E-state index in [2.05, 4.69) is 42.9 Å². The minimum atomic E-state index is 1.09. The van der Waals surface area contributed by atoms with Gasteiger partial charge in [0.25, 0.3) is 0 Å². The average molecular weight is 175 g/mol. The SMILES string of the molecule is [CH]1C/C=C\C=C\CCCC/C=C/C1. The molecule has 0 amide bonds. The molecule has 0 saturated heterocycles. The van der Waals surface area contributed by atoms with Crippen molar-refractivity contribution in [2.24, 2.45) is 0 Å². The van der Waals surface area contributed by atoms with Crippen LogP contribution in [0.15, 0.2) is 36.5 Å². The van der Waals surface area contributed by atoms with Gasteiger partial charge in [-0.1, -0.05) is 36.5 Å². The zero-order chi connectivity index (χ0) is 9.19. The van der Waals surface area contributed by atoms with Crippen LogP contribution >= 0.6 is 0 Å². The summed E-state index contributed by atoms with van der Waals surface area (Å²) in [5.74, 6) is 0. The van der Waals surface area contributed by atoms with Crippen molar-refractivity contribution in [1.82, 2.24) is 0 Å². The summed E-state index contributed by atoms with van der Waals surface area (Å²) >= 11 is 0. The summed E-state index contributed by atoms with van der Waals surface area (Å²) in [7, 11) is 0. The van der Waals surface area contributed by atoms with Crippen LogP contribution < -0.4 is 0 Å². The Balaban J connectivity index is 2.28. The van der Waals surface area contributed by atoms with Crippen molar-refractivity contribution in [3.63, 3.8) is 0 Å². The molecule has 0 aliphatic heterocycles. The number of allylic oxidation sites excluding steroid dienone is 6. The van der Waals surface area contributed by atoms with E-state index in [4.69, 9.17) is 0 Å². The van der Waals surface area contributed by atoms with Crippen LogP contribution in [0.1, 0.15) is 38.5 Å². The van der Waals surface area contributed by atoms with Crippen molar-refractivity contribution in [2.75, 3.05) is 0 Å². The van der Waals surface area contributed by atoms with Gasteiger partial charge in [-0.15, -0.1) is 0 Å². The van der Waals surface area contributed by atoms with E-state index in [9.17, 15) is 0 Å². The summed E-state index contributed by atoms with van der Waals surface area (Å²) in [6.07, 6.45) is 23.0. The van der Waals surface area contributed by atoms with Crippen molar-refractivity contribution >= 4 is 0 Å². The smallest absolute Gasteiger partial charge is 0.0311 e. The molecule has 1 rings (SSSR count). The van der Waals surface area contributed by atoms with Crippen LogP contribution in [0.5, 0.6) is 0 Å². The van der Waals surface area contributed by atoms with Gasteiger partial charge in [0.2, 0.25) is 0 Å². The summed E-state index contributed by atoms with van der Waals surface area (Å²) < 4.78 is 0. The quantitative estimate of drug-likeness (QED) is 0.484. The van der Waals surface area contributed by atoms with Gasteiger partial charge >= 0.3 is 0 Å².